The summed E-state index contributed by atoms with van der Waals surface area (Å²) in [6.45, 7) is 2.97. The fourth-order valence-corrected chi connectivity index (χ4v) is 4.22. The summed E-state index contributed by atoms with van der Waals surface area (Å²) in [5, 5.41) is 3.38. The highest BCUT2D eigenvalue weighted by Gasteiger charge is 2.20. The van der Waals surface area contributed by atoms with Crippen molar-refractivity contribution in [3.8, 4) is 0 Å². The van der Waals surface area contributed by atoms with E-state index in [9.17, 15) is 4.79 Å². The molecule has 1 aromatic rings. The molecule has 3 nitrogen and oxygen atoms in total. The molecule has 1 aromatic heterocycles. The summed E-state index contributed by atoms with van der Waals surface area (Å²) in [6, 6.07) is 1.88. The molecule has 1 fully saturated rings. The molecule has 1 aliphatic heterocycles. The van der Waals surface area contributed by atoms with Gasteiger partial charge in [-0.25, -0.2) is 0 Å². The van der Waals surface area contributed by atoms with E-state index in [1.807, 2.05) is 18.0 Å². The lowest BCUT2D eigenvalue weighted by Gasteiger charge is -2.27. The van der Waals surface area contributed by atoms with E-state index >= 15 is 0 Å². The minimum Gasteiger partial charge on any atom is -0.341 e. The van der Waals surface area contributed by atoms with Crippen molar-refractivity contribution >= 4 is 49.1 Å². The zero-order chi connectivity index (χ0) is 13.1. The van der Waals surface area contributed by atoms with Gasteiger partial charge in [-0.15, -0.1) is 11.3 Å². The van der Waals surface area contributed by atoms with Gasteiger partial charge >= 0.3 is 0 Å². The number of hydrogen-bond acceptors (Lipinski definition) is 3. The zero-order valence-electron chi connectivity index (χ0n) is 10.2. The molecule has 2 rings (SSSR count). The van der Waals surface area contributed by atoms with Gasteiger partial charge in [-0.2, -0.15) is 0 Å². The second-order valence-electron chi connectivity index (χ2n) is 4.63. The van der Waals surface area contributed by atoms with Crippen molar-refractivity contribution in [2.24, 2.45) is 5.92 Å². The molecule has 0 aliphatic carbocycles. The first-order valence-corrected chi connectivity index (χ1v) is 8.39. The van der Waals surface area contributed by atoms with Gasteiger partial charge in [0.15, 0.2) is 0 Å². The topological polar surface area (TPSA) is 32.3 Å². The lowest BCUT2D eigenvalue weighted by Crippen LogP contribution is -2.38. The summed E-state index contributed by atoms with van der Waals surface area (Å²) in [5.74, 6) is 0.691. The van der Waals surface area contributed by atoms with Crippen molar-refractivity contribution in [2.75, 3.05) is 26.7 Å². The van der Waals surface area contributed by atoms with Crippen LogP contribution >= 0.6 is 43.2 Å². The van der Waals surface area contributed by atoms with Crippen LogP contribution in [0.25, 0.3) is 0 Å². The van der Waals surface area contributed by atoms with Crippen molar-refractivity contribution in [1.82, 2.24) is 10.2 Å². The number of thiophene rings is 1. The Balaban J connectivity index is 1.95. The molecule has 1 N–H and O–H groups in total. The molecule has 1 amide bonds. The van der Waals surface area contributed by atoms with Crippen LogP contribution < -0.4 is 5.32 Å². The van der Waals surface area contributed by atoms with Crippen molar-refractivity contribution in [1.29, 1.82) is 0 Å². The van der Waals surface area contributed by atoms with Crippen molar-refractivity contribution in [3.05, 3.63) is 19.2 Å². The second-order valence-corrected chi connectivity index (χ2v) is 7.85. The van der Waals surface area contributed by atoms with Gasteiger partial charge in [0.25, 0.3) is 5.91 Å². The Hall–Kier alpha value is 0.0900. The molecule has 18 heavy (non-hydrogen) atoms. The number of nitrogens with zero attached hydrogens (tertiary/aromatic N) is 1. The van der Waals surface area contributed by atoms with Crippen molar-refractivity contribution < 1.29 is 4.79 Å². The van der Waals surface area contributed by atoms with E-state index in [1.54, 1.807) is 0 Å². The minimum absolute atomic E-state index is 0.108. The lowest BCUT2D eigenvalue weighted by molar-refractivity contribution is 0.0769. The van der Waals surface area contributed by atoms with Crippen LogP contribution in [0.5, 0.6) is 0 Å². The zero-order valence-corrected chi connectivity index (χ0v) is 14.2. The van der Waals surface area contributed by atoms with Crippen LogP contribution in [0.2, 0.25) is 0 Å². The highest BCUT2D eigenvalue weighted by atomic mass is 79.9. The van der Waals surface area contributed by atoms with Crippen LogP contribution in [-0.4, -0.2) is 37.5 Å². The van der Waals surface area contributed by atoms with Crippen molar-refractivity contribution in [2.45, 2.75) is 12.8 Å². The Morgan fingerprint density at radius 2 is 2.39 bits per heavy atom. The van der Waals surface area contributed by atoms with Crippen LogP contribution in [0, 0.1) is 5.92 Å². The number of halogens is 2. The Kier molecular flexibility index (Phi) is 5.24. The van der Waals surface area contributed by atoms with Gasteiger partial charge in [0.2, 0.25) is 0 Å². The Morgan fingerprint density at radius 1 is 1.61 bits per heavy atom. The molecule has 6 heteroatoms. The maximum absolute atomic E-state index is 12.3. The van der Waals surface area contributed by atoms with Crippen LogP contribution in [-0.2, 0) is 0 Å². The van der Waals surface area contributed by atoms with Gasteiger partial charge in [-0.05, 0) is 69.8 Å². The third kappa shape index (κ3) is 3.56. The summed E-state index contributed by atoms with van der Waals surface area (Å²) in [6.07, 6.45) is 2.42. The number of nitrogens with one attached hydrogen (secondary N) is 1. The van der Waals surface area contributed by atoms with E-state index in [1.165, 1.54) is 24.2 Å². The molecule has 1 aliphatic rings. The van der Waals surface area contributed by atoms with E-state index < -0.39 is 0 Å². The highest BCUT2D eigenvalue weighted by Crippen LogP contribution is 2.33. The number of carbonyl (C=O) groups is 1. The van der Waals surface area contributed by atoms with Crippen LogP contribution in [0.4, 0.5) is 0 Å². The van der Waals surface area contributed by atoms with Gasteiger partial charge in [0.1, 0.15) is 0 Å². The average molecular weight is 396 g/mol. The Morgan fingerprint density at radius 3 is 2.94 bits per heavy atom. The SMILES string of the molecule is CN(CC1CCCNC1)C(=O)c1cc(Br)c(Br)s1. The Bertz CT molecular complexity index is 410. The summed E-state index contributed by atoms with van der Waals surface area (Å²) in [4.78, 5) is 14.9. The number of carbonyl (C=O) groups excluding carboxylic acids is 1. The number of amides is 1. The first-order chi connectivity index (χ1) is 8.58. The molecule has 0 saturated carbocycles. The summed E-state index contributed by atoms with van der Waals surface area (Å²) in [5.41, 5.74) is 0. The summed E-state index contributed by atoms with van der Waals surface area (Å²) >= 11 is 8.31. The molecular formula is C12H16Br2N2OS. The number of piperidine rings is 1. The molecule has 1 atom stereocenters. The van der Waals surface area contributed by atoms with Gasteiger partial charge in [-0.1, -0.05) is 0 Å². The first kappa shape index (κ1) is 14.5. The monoisotopic (exact) mass is 394 g/mol. The van der Waals surface area contributed by atoms with E-state index in [0.717, 1.165) is 32.8 Å². The molecule has 2 heterocycles. The third-order valence-corrected chi connectivity index (χ3v) is 6.38. The van der Waals surface area contributed by atoms with E-state index in [4.69, 9.17) is 0 Å². The van der Waals surface area contributed by atoms with Gasteiger partial charge in [-0.3, -0.25) is 4.79 Å². The predicted octanol–water partition coefficient (Wildman–Crippen LogP) is 3.34. The first-order valence-electron chi connectivity index (χ1n) is 5.99. The molecule has 0 radical (unpaired) electrons. The van der Waals surface area contributed by atoms with E-state index in [0.29, 0.717) is 5.92 Å². The summed E-state index contributed by atoms with van der Waals surface area (Å²) < 4.78 is 1.92. The maximum atomic E-state index is 12.3. The largest absolute Gasteiger partial charge is 0.341 e. The van der Waals surface area contributed by atoms with Crippen molar-refractivity contribution in [3.63, 3.8) is 0 Å². The third-order valence-electron chi connectivity index (χ3n) is 3.13. The molecule has 0 bridgehead atoms. The lowest BCUT2D eigenvalue weighted by atomic mass is 9.99. The van der Waals surface area contributed by atoms with Gasteiger partial charge in [0, 0.05) is 18.1 Å². The van der Waals surface area contributed by atoms with Crippen LogP contribution in [0.3, 0.4) is 0 Å². The van der Waals surface area contributed by atoms with Crippen LogP contribution in [0.15, 0.2) is 14.3 Å². The number of rotatable bonds is 3. The van der Waals surface area contributed by atoms with Gasteiger partial charge in [0.05, 0.1) is 8.66 Å². The molecule has 1 saturated heterocycles. The fraction of sp³-hybridized carbons (Fsp3) is 0.583. The quantitative estimate of drug-likeness (QED) is 0.850. The highest BCUT2D eigenvalue weighted by molar-refractivity contribution is 9.13. The van der Waals surface area contributed by atoms with E-state index in [2.05, 4.69) is 37.2 Å². The standard InChI is InChI=1S/C12H16Br2N2OS/c1-16(7-8-3-2-4-15-6-8)12(17)10-5-9(13)11(14)18-10/h5,8,15H,2-4,6-7H2,1H3. The molecule has 100 valence electrons. The van der Waals surface area contributed by atoms with Gasteiger partial charge < -0.3 is 10.2 Å². The minimum atomic E-state index is 0.108. The fourth-order valence-electron chi connectivity index (χ4n) is 2.19. The number of hydrogen-bond donors (Lipinski definition) is 1. The predicted molar refractivity (Wildman–Crippen MR) is 82.3 cm³/mol. The Labute approximate surface area is 128 Å². The molecule has 0 spiro atoms. The second kappa shape index (κ2) is 6.50. The van der Waals surface area contributed by atoms with Crippen LogP contribution in [0.1, 0.15) is 22.5 Å². The maximum Gasteiger partial charge on any atom is 0.263 e. The summed E-state index contributed by atoms with van der Waals surface area (Å²) in [7, 11) is 1.89. The molecular weight excluding hydrogens is 380 g/mol. The molecule has 0 aromatic carbocycles. The average Bonchev–Trinajstić information content (AvgIpc) is 2.70. The molecule has 1 unspecified atom stereocenters. The van der Waals surface area contributed by atoms with E-state index in [-0.39, 0.29) is 5.91 Å². The normalized spacial score (nSPS) is 19.8. The smallest absolute Gasteiger partial charge is 0.263 e.